The second kappa shape index (κ2) is 9.15. The van der Waals surface area contributed by atoms with E-state index in [-0.39, 0.29) is 0 Å². The van der Waals surface area contributed by atoms with Gasteiger partial charge >= 0.3 is 5.97 Å². The van der Waals surface area contributed by atoms with Gasteiger partial charge in [0.1, 0.15) is 11.8 Å². The highest BCUT2D eigenvalue weighted by molar-refractivity contribution is 5.85. The third-order valence-electron chi connectivity index (χ3n) is 6.99. The van der Waals surface area contributed by atoms with E-state index in [9.17, 15) is 15.0 Å². The molecule has 2 heterocycles. The summed E-state index contributed by atoms with van der Waals surface area (Å²) in [6, 6.07) is 25.4. The summed E-state index contributed by atoms with van der Waals surface area (Å²) in [5.41, 5.74) is 4.89. The molecule has 6 rings (SSSR count). The topological polar surface area (TPSA) is 114 Å². The Morgan fingerprint density at radius 3 is 2.24 bits per heavy atom. The van der Waals surface area contributed by atoms with E-state index < -0.39 is 17.5 Å². The maximum atomic E-state index is 11.6. The minimum Gasteiger partial charge on any atom is -0.481 e. The number of benzene rings is 3. The second-order valence-electron chi connectivity index (χ2n) is 9.38. The number of aliphatic carboxylic acids is 1. The molecule has 37 heavy (non-hydrogen) atoms. The molecule has 1 saturated carbocycles. The first-order chi connectivity index (χ1) is 18.0. The Hall–Kier alpha value is -4.56. The van der Waals surface area contributed by atoms with Crippen molar-refractivity contribution in [3.05, 3.63) is 114 Å². The predicted octanol–water partition coefficient (Wildman–Crippen LogP) is 4.85. The minimum absolute atomic E-state index is 0.409. The van der Waals surface area contributed by atoms with Gasteiger partial charge in [-0.25, -0.2) is 4.68 Å². The molecule has 0 bridgehead atoms. The SMILES string of the molecule is O=C(O)C1(c2ccc(-c3ccc(-c4oncc4C(O)c4cn(Cc5ccccc5)nn4)cc3)cc2)CC1. The number of carboxylic acids is 1. The van der Waals surface area contributed by atoms with Gasteiger partial charge in [-0.05, 0) is 35.1 Å². The number of carbonyl (C=O) groups is 1. The van der Waals surface area contributed by atoms with Crippen LogP contribution >= 0.6 is 0 Å². The summed E-state index contributed by atoms with van der Waals surface area (Å²) in [6.07, 6.45) is 3.55. The first-order valence-electron chi connectivity index (χ1n) is 12.0. The van der Waals surface area contributed by atoms with E-state index in [2.05, 4.69) is 15.5 Å². The van der Waals surface area contributed by atoms with Crippen molar-refractivity contribution < 1.29 is 19.5 Å². The van der Waals surface area contributed by atoms with E-state index in [4.69, 9.17) is 4.52 Å². The van der Waals surface area contributed by atoms with Crippen LogP contribution in [0.25, 0.3) is 22.5 Å². The molecule has 8 nitrogen and oxygen atoms in total. The van der Waals surface area contributed by atoms with E-state index in [0.717, 1.165) is 27.8 Å². The molecule has 2 N–H and O–H groups in total. The molecule has 0 radical (unpaired) electrons. The number of nitrogens with zero attached hydrogens (tertiary/aromatic N) is 4. The van der Waals surface area contributed by atoms with Crippen molar-refractivity contribution in [1.82, 2.24) is 20.2 Å². The van der Waals surface area contributed by atoms with Crippen LogP contribution in [0.5, 0.6) is 0 Å². The molecule has 1 fully saturated rings. The van der Waals surface area contributed by atoms with Crippen LogP contribution < -0.4 is 0 Å². The monoisotopic (exact) mass is 492 g/mol. The van der Waals surface area contributed by atoms with E-state index in [0.29, 0.717) is 36.4 Å². The summed E-state index contributed by atoms with van der Waals surface area (Å²) < 4.78 is 7.19. The smallest absolute Gasteiger partial charge is 0.314 e. The highest BCUT2D eigenvalue weighted by atomic mass is 16.5. The lowest BCUT2D eigenvalue weighted by Gasteiger charge is -2.11. The molecule has 1 atom stereocenters. The number of rotatable bonds is 8. The van der Waals surface area contributed by atoms with Crippen molar-refractivity contribution in [2.45, 2.75) is 30.9 Å². The zero-order chi connectivity index (χ0) is 25.4. The first-order valence-corrected chi connectivity index (χ1v) is 12.0. The molecule has 5 aromatic rings. The van der Waals surface area contributed by atoms with Crippen LogP contribution in [0.2, 0.25) is 0 Å². The summed E-state index contributed by atoms with van der Waals surface area (Å²) in [5, 5.41) is 32.7. The lowest BCUT2D eigenvalue weighted by atomic mass is 9.93. The molecule has 1 aliphatic rings. The highest BCUT2D eigenvalue weighted by Crippen LogP contribution is 2.48. The van der Waals surface area contributed by atoms with Gasteiger partial charge in [-0.3, -0.25) is 4.79 Å². The van der Waals surface area contributed by atoms with Crippen LogP contribution in [-0.4, -0.2) is 36.3 Å². The molecule has 3 aromatic carbocycles. The summed E-state index contributed by atoms with van der Waals surface area (Å²) in [4.78, 5) is 11.6. The maximum Gasteiger partial charge on any atom is 0.314 e. The fourth-order valence-electron chi connectivity index (χ4n) is 4.65. The fourth-order valence-corrected chi connectivity index (χ4v) is 4.65. The summed E-state index contributed by atoms with van der Waals surface area (Å²) in [7, 11) is 0. The zero-order valence-corrected chi connectivity index (χ0v) is 19.9. The molecular formula is C29H24N4O4. The maximum absolute atomic E-state index is 11.6. The van der Waals surface area contributed by atoms with Gasteiger partial charge in [0.05, 0.1) is 29.9 Å². The number of aliphatic hydroxyl groups excluding tert-OH is 1. The van der Waals surface area contributed by atoms with E-state index in [1.807, 2.05) is 78.9 Å². The number of aliphatic hydroxyl groups is 1. The van der Waals surface area contributed by atoms with Gasteiger partial charge in [-0.1, -0.05) is 89.2 Å². The Labute approximate surface area is 212 Å². The zero-order valence-electron chi connectivity index (χ0n) is 19.9. The standard InChI is InChI=1S/C29H24N4O4/c34-26(25-18-33(32-31-25)17-19-4-2-1-3-5-19)24-16-30-37-27(24)22-8-6-20(7-9-22)21-10-12-23(13-11-21)29(14-15-29)28(35)36/h1-13,16,18,26,34H,14-15,17H2,(H,35,36). The molecule has 0 spiro atoms. The van der Waals surface area contributed by atoms with Gasteiger partial charge in [0.2, 0.25) is 0 Å². The lowest BCUT2D eigenvalue weighted by Crippen LogP contribution is -2.19. The van der Waals surface area contributed by atoms with Gasteiger partial charge < -0.3 is 14.7 Å². The first kappa shape index (κ1) is 22.9. The van der Waals surface area contributed by atoms with Crippen molar-refractivity contribution in [3.63, 3.8) is 0 Å². The Morgan fingerprint density at radius 1 is 0.946 bits per heavy atom. The quantitative estimate of drug-likeness (QED) is 0.318. The van der Waals surface area contributed by atoms with E-state index in [1.165, 1.54) is 6.20 Å². The summed E-state index contributed by atoms with van der Waals surface area (Å²) in [6.45, 7) is 0.552. The molecule has 0 amide bonds. The summed E-state index contributed by atoms with van der Waals surface area (Å²) >= 11 is 0. The molecule has 184 valence electrons. The number of hydrogen-bond acceptors (Lipinski definition) is 6. The Kier molecular flexibility index (Phi) is 5.65. The van der Waals surface area contributed by atoms with Crippen LogP contribution in [0.1, 0.15) is 41.3 Å². The van der Waals surface area contributed by atoms with Crippen molar-refractivity contribution in [2.24, 2.45) is 0 Å². The number of carboxylic acid groups (broad SMARTS) is 1. The largest absolute Gasteiger partial charge is 0.481 e. The van der Waals surface area contributed by atoms with Crippen LogP contribution in [0.4, 0.5) is 0 Å². The Bertz CT molecular complexity index is 1540. The Morgan fingerprint density at radius 2 is 1.59 bits per heavy atom. The van der Waals surface area contributed by atoms with Crippen LogP contribution in [-0.2, 0) is 16.8 Å². The van der Waals surface area contributed by atoms with Crippen LogP contribution in [0.15, 0.2) is 95.8 Å². The average molecular weight is 493 g/mol. The van der Waals surface area contributed by atoms with Crippen molar-refractivity contribution in [2.75, 3.05) is 0 Å². The Balaban J connectivity index is 1.19. The van der Waals surface area contributed by atoms with Gasteiger partial charge in [0.15, 0.2) is 5.76 Å². The third-order valence-corrected chi connectivity index (χ3v) is 6.99. The lowest BCUT2D eigenvalue weighted by molar-refractivity contribution is -0.140. The van der Waals surface area contributed by atoms with Gasteiger partial charge in [-0.2, -0.15) is 0 Å². The fraction of sp³-hybridized carbons (Fsp3) is 0.172. The molecule has 0 saturated heterocycles. The molecule has 1 aliphatic carbocycles. The molecule has 2 aromatic heterocycles. The third kappa shape index (κ3) is 4.32. The normalized spacial score (nSPS) is 14.8. The molecule has 0 aliphatic heterocycles. The number of aromatic nitrogens is 4. The van der Waals surface area contributed by atoms with Gasteiger partial charge in [-0.15, -0.1) is 5.10 Å². The van der Waals surface area contributed by atoms with E-state index >= 15 is 0 Å². The molecular weight excluding hydrogens is 468 g/mol. The van der Waals surface area contributed by atoms with Crippen molar-refractivity contribution in [3.8, 4) is 22.5 Å². The highest BCUT2D eigenvalue weighted by Gasteiger charge is 2.51. The van der Waals surface area contributed by atoms with Crippen LogP contribution in [0.3, 0.4) is 0 Å². The van der Waals surface area contributed by atoms with Gasteiger partial charge in [0.25, 0.3) is 0 Å². The predicted molar refractivity (Wildman–Crippen MR) is 136 cm³/mol. The summed E-state index contributed by atoms with van der Waals surface area (Å²) in [5.74, 6) is -0.294. The van der Waals surface area contributed by atoms with E-state index in [1.54, 1.807) is 10.9 Å². The average Bonchev–Trinajstić information content (AvgIpc) is 3.38. The van der Waals surface area contributed by atoms with Crippen LogP contribution in [0, 0.1) is 0 Å². The number of hydrogen-bond donors (Lipinski definition) is 2. The molecule has 8 heteroatoms. The van der Waals surface area contributed by atoms with Gasteiger partial charge in [0, 0.05) is 5.56 Å². The second-order valence-corrected chi connectivity index (χ2v) is 9.38. The minimum atomic E-state index is -1.04. The van der Waals surface area contributed by atoms with Crippen molar-refractivity contribution in [1.29, 1.82) is 0 Å². The molecule has 1 unspecified atom stereocenters. The van der Waals surface area contributed by atoms with Crippen molar-refractivity contribution >= 4 is 5.97 Å².